The molecule has 1 aromatic carbocycles. The summed E-state index contributed by atoms with van der Waals surface area (Å²) < 4.78 is 68.8. The Labute approximate surface area is 224 Å². The van der Waals surface area contributed by atoms with E-state index in [9.17, 15) is 41.0 Å². The van der Waals surface area contributed by atoms with Gasteiger partial charge in [0.25, 0.3) is 0 Å². The second-order valence-electron chi connectivity index (χ2n) is 7.67. The zero-order chi connectivity index (χ0) is 30.8. The van der Waals surface area contributed by atoms with Gasteiger partial charge in [-0.3, -0.25) is 15.1 Å². The monoisotopic (exact) mass is 601 g/mol. The molecule has 0 aliphatic carbocycles. The number of nitrogens with zero attached hydrogens (tertiary/aromatic N) is 1. The molecule has 18 heteroatoms. The molecular formula is C22H21F6N3O8S. The third kappa shape index (κ3) is 11.3. The second kappa shape index (κ2) is 14.3. The zero-order valence-electron chi connectivity index (χ0n) is 20.0. The summed E-state index contributed by atoms with van der Waals surface area (Å²) in [6, 6.07) is 9.48. The molecule has 1 aliphatic rings. The number of carboxylic acid groups (broad SMARTS) is 3. The molecule has 1 atom stereocenters. The van der Waals surface area contributed by atoms with Gasteiger partial charge in [-0.1, -0.05) is 0 Å². The Morgan fingerprint density at radius 3 is 1.88 bits per heavy atom. The maximum absolute atomic E-state index is 12.3. The number of nitrogens with two attached hydrogens (primary N) is 1. The number of carbonyl (C=O) groups excluding carboxylic acids is 1. The summed E-state index contributed by atoms with van der Waals surface area (Å²) >= 11 is 1.31. The summed E-state index contributed by atoms with van der Waals surface area (Å²) in [6.45, 7) is 1.26. The molecule has 1 aromatic heterocycles. The number of aliphatic carboxylic acids is 3. The van der Waals surface area contributed by atoms with Gasteiger partial charge >= 0.3 is 36.2 Å². The SMILES string of the molecule is N=C(N)c1ccc(OC(=O)c2ccc(CN3CCC[C@H]3C(=O)O)s2)cc1.O=C(O)C(F)(F)F.O=C(O)C(F)(F)F. The van der Waals surface area contributed by atoms with Crippen molar-refractivity contribution in [3.05, 3.63) is 51.7 Å². The van der Waals surface area contributed by atoms with Crippen molar-refractivity contribution < 1.29 is 65.6 Å². The van der Waals surface area contributed by atoms with Gasteiger partial charge in [0, 0.05) is 17.0 Å². The maximum Gasteiger partial charge on any atom is 0.490 e. The van der Waals surface area contributed by atoms with Crippen LogP contribution >= 0.6 is 11.3 Å². The quantitative estimate of drug-likeness (QED) is 0.108. The molecule has 1 aliphatic heterocycles. The molecule has 6 N–H and O–H groups in total. The number of halogens is 6. The zero-order valence-corrected chi connectivity index (χ0v) is 20.8. The number of carboxylic acids is 3. The number of thiophene rings is 1. The van der Waals surface area contributed by atoms with Crippen LogP contribution in [0.25, 0.3) is 0 Å². The van der Waals surface area contributed by atoms with E-state index >= 15 is 0 Å². The summed E-state index contributed by atoms with van der Waals surface area (Å²) in [5.41, 5.74) is 5.95. The van der Waals surface area contributed by atoms with Crippen molar-refractivity contribution in [1.29, 1.82) is 5.41 Å². The van der Waals surface area contributed by atoms with Crippen molar-refractivity contribution in [1.82, 2.24) is 4.90 Å². The molecule has 1 fully saturated rings. The molecule has 2 aromatic rings. The van der Waals surface area contributed by atoms with Crippen LogP contribution in [0.2, 0.25) is 0 Å². The van der Waals surface area contributed by atoms with Crippen LogP contribution in [0.1, 0.15) is 33.0 Å². The summed E-state index contributed by atoms with van der Waals surface area (Å²) in [5, 5.41) is 30.8. The fourth-order valence-corrected chi connectivity index (χ4v) is 3.84. The van der Waals surface area contributed by atoms with Crippen LogP contribution < -0.4 is 10.5 Å². The molecule has 1 saturated heterocycles. The van der Waals surface area contributed by atoms with Crippen molar-refractivity contribution in [2.45, 2.75) is 37.8 Å². The van der Waals surface area contributed by atoms with Gasteiger partial charge in [0.15, 0.2) is 0 Å². The number of likely N-dealkylation sites (tertiary alicyclic amines) is 1. The minimum Gasteiger partial charge on any atom is -0.480 e. The number of esters is 1. The highest BCUT2D eigenvalue weighted by molar-refractivity contribution is 7.13. The predicted molar refractivity (Wildman–Crippen MR) is 125 cm³/mol. The number of hydrogen-bond donors (Lipinski definition) is 5. The Morgan fingerprint density at radius 1 is 0.950 bits per heavy atom. The lowest BCUT2D eigenvalue weighted by molar-refractivity contribution is -0.193. The number of amidine groups is 1. The van der Waals surface area contributed by atoms with Gasteiger partial charge < -0.3 is 25.8 Å². The fraction of sp³-hybridized carbons (Fsp3) is 0.318. The van der Waals surface area contributed by atoms with Crippen LogP contribution in [0, 0.1) is 5.41 Å². The van der Waals surface area contributed by atoms with Gasteiger partial charge in [-0.25, -0.2) is 14.4 Å². The van der Waals surface area contributed by atoms with Crippen molar-refractivity contribution in [2.24, 2.45) is 5.73 Å². The van der Waals surface area contributed by atoms with E-state index in [-0.39, 0.29) is 5.84 Å². The van der Waals surface area contributed by atoms with E-state index in [1.54, 1.807) is 30.3 Å². The first-order chi connectivity index (χ1) is 18.3. The number of rotatable bonds is 6. The lowest BCUT2D eigenvalue weighted by atomic mass is 10.2. The number of nitrogens with one attached hydrogen (secondary N) is 1. The van der Waals surface area contributed by atoms with E-state index in [0.29, 0.717) is 29.2 Å². The van der Waals surface area contributed by atoms with Crippen LogP contribution in [0.15, 0.2) is 36.4 Å². The molecule has 40 heavy (non-hydrogen) atoms. The molecule has 2 heterocycles. The largest absolute Gasteiger partial charge is 0.490 e. The number of benzene rings is 1. The number of ether oxygens (including phenoxy) is 1. The smallest absolute Gasteiger partial charge is 0.480 e. The van der Waals surface area contributed by atoms with Gasteiger partial charge in [-0.2, -0.15) is 26.3 Å². The van der Waals surface area contributed by atoms with Crippen molar-refractivity contribution >= 4 is 41.0 Å². The lowest BCUT2D eigenvalue weighted by Crippen LogP contribution is -2.35. The van der Waals surface area contributed by atoms with Crippen molar-refractivity contribution in [3.8, 4) is 5.75 Å². The molecule has 0 spiro atoms. The van der Waals surface area contributed by atoms with Crippen LogP contribution in [-0.4, -0.2) is 74.9 Å². The van der Waals surface area contributed by atoms with E-state index in [1.807, 2.05) is 11.0 Å². The molecular weight excluding hydrogens is 580 g/mol. The lowest BCUT2D eigenvalue weighted by Gasteiger charge is -2.19. The average molecular weight is 601 g/mol. The van der Waals surface area contributed by atoms with Crippen molar-refractivity contribution in [3.63, 3.8) is 0 Å². The number of alkyl halides is 6. The molecule has 0 amide bonds. The van der Waals surface area contributed by atoms with E-state index < -0.39 is 42.3 Å². The first kappa shape index (κ1) is 33.8. The van der Waals surface area contributed by atoms with Gasteiger partial charge in [-0.15, -0.1) is 11.3 Å². The maximum atomic E-state index is 12.3. The van der Waals surface area contributed by atoms with Crippen LogP contribution in [0.3, 0.4) is 0 Å². The van der Waals surface area contributed by atoms with Gasteiger partial charge in [0.2, 0.25) is 0 Å². The average Bonchev–Trinajstić information content (AvgIpc) is 3.49. The molecule has 0 radical (unpaired) electrons. The van der Waals surface area contributed by atoms with Crippen molar-refractivity contribution in [2.75, 3.05) is 6.54 Å². The normalized spacial score (nSPS) is 15.1. The Hall–Kier alpha value is -4.19. The Kier molecular flexibility index (Phi) is 12.1. The molecule has 0 unspecified atom stereocenters. The second-order valence-corrected chi connectivity index (χ2v) is 8.83. The van der Waals surface area contributed by atoms with E-state index in [0.717, 1.165) is 17.8 Å². The third-order valence-electron chi connectivity index (χ3n) is 4.73. The van der Waals surface area contributed by atoms with E-state index in [4.69, 9.17) is 35.7 Å². The Bertz CT molecular complexity index is 1190. The molecule has 11 nitrogen and oxygen atoms in total. The summed E-state index contributed by atoms with van der Waals surface area (Å²) in [7, 11) is 0. The van der Waals surface area contributed by atoms with E-state index in [2.05, 4.69) is 0 Å². The van der Waals surface area contributed by atoms with E-state index in [1.165, 1.54) is 11.3 Å². The number of hydrogen-bond acceptors (Lipinski definition) is 8. The first-order valence-electron chi connectivity index (χ1n) is 10.6. The Morgan fingerprint density at radius 2 is 1.45 bits per heavy atom. The van der Waals surface area contributed by atoms with Gasteiger partial charge in [-0.05, 0) is 55.8 Å². The molecule has 0 bridgehead atoms. The predicted octanol–water partition coefficient (Wildman–Crippen LogP) is 3.57. The minimum atomic E-state index is -5.08. The highest BCUT2D eigenvalue weighted by atomic mass is 32.1. The highest BCUT2D eigenvalue weighted by Crippen LogP contribution is 2.25. The fourth-order valence-electron chi connectivity index (χ4n) is 2.93. The molecule has 3 rings (SSSR count). The number of carbonyl (C=O) groups is 4. The molecule has 220 valence electrons. The highest BCUT2D eigenvalue weighted by Gasteiger charge is 2.39. The van der Waals surface area contributed by atoms with Crippen LogP contribution in [0.4, 0.5) is 26.3 Å². The number of nitrogen functional groups attached to an aromatic ring is 1. The molecule has 0 saturated carbocycles. The Balaban J connectivity index is 0.000000473. The standard InChI is InChI=1S/C18H19N3O4S.2C2HF3O2/c19-16(20)11-3-5-12(6-4-11)25-18(24)15-8-7-13(26-15)10-21-9-1-2-14(21)17(22)23;2*3-2(4,5)1(6)7/h3-8,14H,1-2,9-10H2,(H3,19,20)(H,22,23);2*(H,6,7)/t14-;;/m0../s1. The summed E-state index contributed by atoms with van der Waals surface area (Å²) in [4.78, 5) is 44.6. The third-order valence-corrected chi connectivity index (χ3v) is 5.78. The summed E-state index contributed by atoms with van der Waals surface area (Å²) in [5.74, 6) is -6.45. The van der Waals surface area contributed by atoms with Crippen LogP contribution in [0.5, 0.6) is 5.75 Å². The van der Waals surface area contributed by atoms with Gasteiger partial charge in [0.05, 0.1) is 0 Å². The van der Waals surface area contributed by atoms with Crippen LogP contribution in [-0.2, 0) is 20.9 Å². The topological polar surface area (TPSA) is 191 Å². The minimum absolute atomic E-state index is 0.0487. The summed E-state index contributed by atoms with van der Waals surface area (Å²) in [6.07, 6.45) is -8.64. The first-order valence-corrected chi connectivity index (χ1v) is 11.5. The van der Waals surface area contributed by atoms with Gasteiger partial charge in [0.1, 0.15) is 22.5 Å².